The molecular weight excluding hydrogens is 1100 g/mol. The number of thiophene rings is 1. The molecule has 6 heterocycles. The quantitative estimate of drug-likeness (QED) is 0.155. The van der Waals surface area contributed by atoms with E-state index < -0.39 is 0 Å². The fourth-order valence-corrected chi connectivity index (χ4v) is 13.8. The Hall–Kier alpha value is -12.1. The van der Waals surface area contributed by atoms with E-state index in [9.17, 15) is 0 Å². The molecule has 0 aliphatic rings. The third kappa shape index (κ3) is 8.28. The van der Waals surface area contributed by atoms with Crippen molar-refractivity contribution in [2.45, 2.75) is 0 Å². The Balaban J connectivity index is 0.000000137. The number of aromatic nitrogens is 6. The Morgan fingerprint density at radius 3 is 1.42 bits per heavy atom. The van der Waals surface area contributed by atoms with Crippen LogP contribution in [-0.4, -0.2) is 29.1 Å². The van der Waals surface area contributed by atoms with Crippen molar-refractivity contribution in [1.82, 2.24) is 29.1 Å². The smallest absolute Gasteiger partial charge is 0.187 e. The van der Waals surface area contributed by atoms with Gasteiger partial charge in [-0.05, 0) is 126 Å². The van der Waals surface area contributed by atoms with Gasteiger partial charge in [-0.15, -0.1) is 11.3 Å². The standard InChI is InChI=1S/C39H22N4O.C39H22N4S/c1-40-26-10-8-9-25(21-26)38-30-13-2-5-14-33(30)41-39(42-38)24-17-19-27(20-18-24)43-34-15-6-3-11-28(34)31-23-37-32(22-35(31)43)29-12-4-7-16-36(29)44-37;1-40-26-18-14-24(15-19-26)38-30-10-2-5-11-33(30)41-39(42-38)25-16-20-27(21-17-25)43-34-12-6-3-8-28(34)31-23-37-32(22-35(31)43)29-9-4-7-13-36(29)44-37/h2*2-23H. The van der Waals surface area contributed by atoms with E-state index in [0.29, 0.717) is 23.0 Å². The van der Waals surface area contributed by atoms with Gasteiger partial charge in [-0.25, -0.2) is 29.6 Å². The summed E-state index contributed by atoms with van der Waals surface area (Å²) in [5.41, 5.74) is 16.9. The van der Waals surface area contributed by atoms with E-state index in [2.05, 4.69) is 183 Å². The predicted molar refractivity (Wildman–Crippen MR) is 362 cm³/mol. The van der Waals surface area contributed by atoms with Gasteiger partial charge in [0.25, 0.3) is 0 Å². The topological polar surface area (TPSA) is 83.3 Å². The number of furan rings is 1. The van der Waals surface area contributed by atoms with Crippen LogP contribution in [0.25, 0.3) is 174 Å². The Kier molecular flexibility index (Phi) is 11.6. The van der Waals surface area contributed by atoms with Crippen LogP contribution in [0.2, 0.25) is 0 Å². The maximum Gasteiger partial charge on any atom is 0.187 e. The second-order valence-electron chi connectivity index (χ2n) is 21.9. The zero-order valence-corrected chi connectivity index (χ0v) is 47.6. The molecule has 0 amide bonds. The van der Waals surface area contributed by atoms with Crippen LogP contribution in [0, 0.1) is 13.1 Å². The molecule has 88 heavy (non-hydrogen) atoms. The number of benzene rings is 12. The molecule has 0 saturated carbocycles. The number of hydrogen-bond donors (Lipinski definition) is 0. The summed E-state index contributed by atoms with van der Waals surface area (Å²) in [6, 6.07) is 91.5. The molecule has 9 nitrogen and oxygen atoms in total. The van der Waals surface area contributed by atoms with Gasteiger partial charge in [-0.2, -0.15) is 0 Å². The van der Waals surface area contributed by atoms with Crippen molar-refractivity contribution in [3.8, 4) is 56.7 Å². The summed E-state index contributed by atoms with van der Waals surface area (Å²) >= 11 is 1.86. The molecule has 6 aromatic heterocycles. The second-order valence-corrected chi connectivity index (χ2v) is 23.0. The molecule has 0 radical (unpaired) electrons. The minimum absolute atomic E-state index is 0.586. The van der Waals surface area contributed by atoms with Crippen LogP contribution >= 0.6 is 11.3 Å². The molecule has 12 aromatic carbocycles. The lowest BCUT2D eigenvalue weighted by molar-refractivity contribution is 0.669. The fourth-order valence-electron chi connectivity index (χ4n) is 12.7. The highest BCUT2D eigenvalue weighted by molar-refractivity contribution is 7.25. The zero-order valence-electron chi connectivity index (χ0n) is 46.8. The number of nitrogens with zero attached hydrogens (tertiary/aromatic N) is 8. The molecule has 0 unspecified atom stereocenters. The van der Waals surface area contributed by atoms with Crippen LogP contribution in [0.5, 0.6) is 0 Å². The molecule has 0 aliphatic heterocycles. The first-order chi connectivity index (χ1) is 43.5. The summed E-state index contributed by atoms with van der Waals surface area (Å²) < 4.78 is 13.5. The molecule has 0 aliphatic carbocycles. The molecule has 0 spiro atoms. The van der Waals surface area contributed by atoms with Gasteiger partial charge in [-0.1, -0.05) is 152 Å². The molecule has 0 N–H and O–H groups in total. The van der Waals surface area contributed by atoms with Gasteiger partial charge in [0.2, 0.25) is 0 Å². The van der Waals surface area contributed by atoms with Crippen LogP contribution < -0.4 is 0 Å². The average molecular weight is 1140 g/mol. The maximum atomic E-state index is 7.48. The van der Waals surface area contributed by atoms with E-state index in [-0.39, 0.29) is 0 Å². The summed E-state index contributed by atoms with van der Waals surface area (Å²) in [7, 11) is 0. The highest BCUT2D eigenvalue weighted by Gasteiger charge is 2.20. The second kappa shape index (κ2) is 20.3. The maximum absolute atomic E-state index is 7.48. The number of hydrogen-bond acceptors (Lipinski definition) is 6. The largest absolute Gasteiger partial charge is 0.456 e. The van der Waals surface area contributed by atoms with E-state index in [0.717, 1.165) is 105 Å². The molecule has 0 fully saturated rings. The Morgan fingerprint density at radius 2 is 0.807 bits per heavy atom. The van der Waals surface area contributed by atoms with Gasteiger partial charge in [0, 0.05) is 85.8 Å². The molecular formula is C78H44N8OS. The number of para-hydroxylation sites is 5. The molecule has 18 aromatic rings. The molecule has 408 valence electrons. The Labute approximate surface area is 507 Å². The van der Waals surface area contributed by atoms with Gasteiger partial charge in [0.05, 0.1) is 57.6 Å². The van der Waals surface area contributed by atoms with Gasteiger partial charge in [0.15, 0.2) is 23.0 Å². The fraction of sp³-hybridized carbons (Fsp3) is 0. The average Bonchev–Trinajstić information content (AvgIpc) is 1.85. The monoisotopic (exact) mass is 1140 g/mol. The van der Waals surface area contributed by atoms with Crippen LogP contribution in [0.15, 0.2) is 271 Å². The van der Waals surface area contributed by atoms with Crippen molar-refractivity contribution >= 4 is 130 Å². The van der Waals surface area contributed by atoms with Gasteiger partial charge in [-0.3, -0.25) is 0 Å². The lowest BCUT2D eigenvalue weighted by Gasteiger charge is -2.11. The summed E-state index contributed by atoms with van der Waals surface area (Å²) in [5, 5.41) is 11.6. The van der Waals surface area contributed by atoms with E-state index in [1.54, 1.807) is 0 Å². The predicted octanol–water partition coefficient (Wildman–Crippen LogP) is 21.5. The lowest BCUT2D eigenvalue weighted by atomic mass is 10.0. The lowest BCUT2D eigenvalue weighted by Crippen LogP contribution is -1.97. The van der Waals surface area contributed by atoms with Crippen molar-refractivity contribution in [2.75, 3.05) is 0 Å². The van der Waals surface area contributed by atoms with Crippen LogP contribution in [0.4, 0.5) is 11.4 Å². The van der Waals surface area contributed by atoms with E-state index in [1.165, 1.54) is 47.4 Å². The number of fused-ring (bicyclic) bond motifs is 14. The van der Waals surface area contributed by atoms with Crippen molar-refractivity contribution in [3.63, 3.8) is 0 Å². The summed E-state index contributed by atoms with van der Waals surface area (Å²) in [5.74, 6) is 1.32. The van der Waals surface area contributed by atoms with Gasteiger partial charge in [0.1, 0.15) is 11.2 Å². The number of rotatable bonds is 6. The summed E-state index contributed by atoms with van der Waals surface area (Å²) in [6.07, 6.45) is 0. The highest BCUT2D eigenvalue weighted by atomic mass is 32.1. The van der Waals surface area contributed by atoms with E-state index in [1.807, 2.05) is 114 Å². The van der Waals surface area contributed by atoms with Crippen LogP contribution in [-0.2, 0) is 0 Å². The van der Waals surface area contributed by atoms with Gasteiger partial charge < -0.3 is 13.6 Å². The Morgan fingerprint density at radius 1 is 0.307 bits per heavy atom. The van der Waals surface area contributed by atoms with Crippen molar-refractivity contribution < 1.29 is 4.42 Å². The summed E-state index contributed by atoms with van der Waals surface area (Å²) in [6.45, 7) is 14.8. The first-order valence-electron chi connectivity index (χ1n) is 28.9. The molecule has 18 rings (SSSR count). The zero-order chi connectivity index (χ0) is 58.4. The normalized spacial score (nSPS) is 11.6. The van der Waals surface area contributed by atoms with Crippen molar-refractivity contribution in [1.29, 1.82) is 0 Å². The molecule has 0 saturated heterocycles. The van der Waals surface area contributed by atoms with Crippen LogP contribution in [0.3, 0.4) is 0 Å². The third-order valence-electron chi connectivity index (χ3n) is 16.8. The Bertz CT molecular complexity index is 5960. The van der Waals surface area contributed by atoms with Gasteiger partial charge >= 0.3 is 0 Å². The van der Waals surface area contributed by atoms with Crippen molar-refractivity contribution in [3.05, 3.63) is 290 Å². The SMILES string of the molecule is [C-]#[N+]c1ccc(-c2nc(-c3ccc(-n4c5ccccc5c5cc6sc7ccccc7c6cc54)cc3)nc3ccccc23)cc1.[C-]#[N+]c1cccc(-c2nc(-c3ccc(-n4c5ccccc5c5cc6oc7ccccc7c6cc54)cc3)nc3ccccc23)c1. The third-order valence-corrected chi connectivity index (χ3v) is 18.0. The summed E-state index contributed by atoms with van der Waals surface area (Å²) in [4.78, 5) is 27.1. The van der Waals surface area contributed by atoms with E-state index in [4.69, 9.17) is 37.5 Å². The molecule has 10 heteroatoms. The molecule has 0 bridgehead atoms. The first kappa shape index (κ1) is 50.4. The minimum Gasteiger partial charge on any atom is -0.456 e. The van der Waals surface area contributed by atoms with Crippen LogP contribution in [0.1, 0.15) is 0 Å². The van der Waals surface area contributed by atoms with E-state index >= 15 is 0 Å². The first-order valence-corrected chi connectivity index (χ1v) is 29.7. The molecule has 0 atom stereocenters. The van der Waals surface area contributed by atoms with Crippen molar-refractivity contribution in [2.24, 2.45) is 0 Å². The highest BCUT2D eigenvalue weighted by Crippen LogP contribution is 2.43. The minimum atomic E-state index is 0.586.